The molecule has 0 saturated carbocycles. The highest BCUT2D eigenvalue weighted by Crippen LogP contribution is 2.38. The molecule has 2 aromatic carbocycles. The van der Waals surface area contributed by atoms with Crippen LogP contribution in [0.4, 0.5) is 0 Å². The van der Waals surface area contributed by atoms with Crippen LogP contribution in [0.15, 0.2) is 57.7 Å². The van der Waals surface area contributed by atoms with Crippen LogP contribution < -0.4 is 5.43 Å². The minimum Gasteiger partial charge on any atom is -0.444 e. The van der Waals surface area contributed by atoms with Crippen LogP contribution in [-0.4, -0.2) is 0 Å². The number of benzene rings is 2. The zero-order valence-electron chi connectivity index (χ0n) is 10.8. The van der Waals surface area contributed by atoms with E-state index in [1.165, 1.54) is 11.3 Å². The van der Waals surface area contributed by atoms with E-state index in [-0.39, 0.29) is 5.43 Å². The first kappa shape index (κ1) is 11.5. The van der Waals surface area contributed by atoms with Crippen molar-refractivity contribution in [2.24, 2.45) is 0 Å². The molecule has 0 aliphatic heterocycles. The van der Waals surface area contributed by atoms with Crippen molar-refractivity contribution in [2.45, 2.75) is 0 Å². The number of rotatable bonds is 0. The highest BCUT2D eigenvalue weighted by atomic mass is 32.1. The lowest BCUT2D eigenvalue weighted by molar-refractivity contribution is 0.674. The van der Waals surface area contributed by atoms with Crippen molar-refractivity contribution in [3.05, 3.63) is 58.8 Å². The lowest BCUT2D eigenvalue weighted by Crippen LogP contribution is -1.97. The summed E-state index contributed by atoms with van der Waals surface area (Å²) in [7, 11) is 0. The zero-order chi connectivity index (χ0) is 14.0. The summed E-state index contributed by atoms with van der Waals surface area (Å²) in [5.74, 6) is 0. The quantitative estimate of drug-likeness (QED) is 0.385. The van der Waals surface area contributed by atoms with Crippen LogP contribution in [0.2, 0.25) is 0 Å². The van der Waals surface area contributed by atoms with Gasteiger partial charge in [-0.1, -0.05) is 41.7 Å². The van der Waals surface area contributed by atoms with Crippen LogP contribution in [0, 0.1) is 0 Å². The van der Waals surface area contributed by atoms with Gasteiger partial charge in [0.15, 0.2) is 10.5 Å². The Hall–Kier alpha value is -2.17. The van der Waals surface area contributed by atoms with Crippen LogP contribution in [0.1, 0.15) is 0 Å². The number of hydrogen-bond acceptors (Lipinski definition) is 4. The predicted octanol–water partition coefficient (Wildman–Crippen LogP) is 5.38. The van der Waals surface area contributed by atoms with E-state index in [4.69, 9.17) is 4.42 Å². The lowest BCUT2D eigenvalue weighted by Gasteiger charge is -1.92. The molecular weight excluding hydrogens is 300 g/mol. The van der Waals surface area contributed by atoms with Gasteiger partial charge in [0.2, 0.25) is 5.43 Å². The van der Waals surface area contributed by atoms with E-state index in [1.54, 1.807) is 11.3 Å². The Morgan fingerprint density at radius 3 is 2.29 bits per heavy atom. The third-order valence-corrected chi connectivity index (χ3v) is 5.94. The van der Waals surface area contributed by atoms with Gasteiger partial charge in [0.05, 0.1) is 5.39 Å². The first-order chi connectivity index (χ1) is 10.3. The Morgan fingerprint density at radius 1 is 0.810 bits per heavy atom. The molecule has 0 unspecified atom stereocenters. The molecule has 0 bridgehead atoms. The summed E-state index contributed by atoms with van der Waals surface area (Å²) in [4.78, 5) is 13.6. The van der Waals surface area contributed by atoms with E-state index >= 15 is 0 Å². The van der Waals surface area contributed by atoms with Crippen LogP contribution in [-0.2, 0) is 0 Å². The highest BCUT2D eigenvalue weighted by Gasteiger charge is 2.17. The maximum atomic E-state index is 12.9. The molecule has 5 aromatic rings. The maximum absolute atomic E-state index is 12.9. The Kier molecular flexibility index (Phi) is 2.15. The molecular formula is C17H8O2S2. The summed E-state index contributed by atoms with van der Waals surface area (Å²) >= 11 is 3.05. The van der Waals surface area contributed by atoms with Crippen LogP contribution >= 0.6 is 22.7 Å². The van der Waals surface area contributed by atoms with E-state index in [0.29, 0.717) is 4.70 Å². The van der Waals surface area contributed by atoms with Crippen molar-refractivity contribution in [3.63, 3.8) is 0 Å². The van der Waals surface area contributed by atoms with Gasteiger partial charge in [0.25, 0.3) is 0 Å². The van der Waals surface area contributed by atoms with E-state index in [2.05, 4.69) is 0 Å². The topological polar surface area (TPSA) is 30.2 Å². The van der Waals surface area contributed by atoms with Crippen LogP contribution in [0.5, 0.6) is 0 Å². The molecule has 4 heteroatoms. The van der Waals surface area contributed by atoms with Crippen molar-refractivity contribution in [1.29, 1.82) is 0 Å². The second-order valence-electron chi connectivity index (χ2n) is 4.95. The fourth-order valence-electron chi connectivity index (χ4n) is 2.79. The van der Waals surface area contributed by atoms with E-state index in [0.717, 1.165) is 36.0 Å². The number of thiophene rings is 2. The molecule has 3 aromatic heterocycles. The summed E-state index contributed by atoms with van der Waals surface area (Å²) < 4.78 is 9.00. The third kappa shape index (κ3) is 1.43. The van der Waals surface area contributed by atoms with Gasteiger partial charge in [-0.3, -0.25) is 4.79 Å². The summed E-state index contributed by atoms with van der Waals surface area (Å²) in [6.07, 6.45) is 0. The molecule has 5 rings (SSSR count). The first-order valence-electron chi connectivity index (χ1n) is 6.58. The molecule has 100 valence electrons. The molecule has 0 aliphatic rings. The van der Waals surface area contributed by atoms with Crippen molar-refractivity contribution < 1.29 is 4.42 Å². The van der Waals surface area contributed by atoms with E-state index in [9.17, 15) is 4.79 Å². The third-order valence-electron chi connectivity index (χ3n) is 3.74. The largest absolute Gasteiger partial charge is 0.444 e. The smallest absolute Gasteiger partial charge is 0.212 e. The van der Waals surface area contributed by atoms with E-state index in [1.807, 2.05) is 48.5 Å². The highest BCUT2D eigenvalue weighted by molar-refractivity contribution is 7.26. The average molecular weight is 308 g/mol. The van der Waals surface area contributed by atoms with E-state index < -0.39 is 0 Å². The van der Waals surface area contributed by atoms with Crippen molar-refractivity contribution in [1.82, 2.24) is 0 Å². The molecule has 21 heavy (non-hydrogen) atoms. The van der Waals surface area contributed by atoms with Gasteiger partial charge in [0.1, 0.15) is 4.70 Å². The number of fused-ring (bicyclic) bond motifs is 6. The second kappa shape index (κ2) is 3.93. The molecule has 0 N–H and O–H groups in total. The molecule has 0 atom stereocenters. The van der Waals surface area contributed by atoms with Gasteiger partial charge >= 0.3 is 0 Å². The monoisotopic (exact) mass is 308 g/mol. The minimum atomic E-state index is 0.0879. The van der Waals surface area contributed by atoms with Crippen LogP contribution in [0.25, 0.3) is 40.7 Å². The average Bonchev–Trinajstić information content (AvgIpc) is 3.06. The number of hydrogen-bond donors (Lipinski definition) is 0. The second-order valence-corrected chi connectivity index (χ2v) is 7.02. The Balaban J connectivity index is 2.13. The predicted molar refractivity (Wildman–Crippen MR) is 90.8 cm³/mol. The van der Waals surface area contributed by atoms with Crippen LogP contribution in [0.3, 0.4) is 0 Å². The summed E-state index contributed by atoms with van der Waals surface area (Å²) in [6.45, 7) is 0. The van der Waals surface area contributed by atoms with Gasteiger partial charge in [-0.25, -0.2) is 0 Å². The van der Waals surface area contributed by atoms with Crippen molar-refractivity contribution in [3.8, 4) is 0 Å². The molecule has 0 amide bonds. The van der Waals surface area contributed by atoms with Crippen molar-refractivity contribution in [2.75, 3.05) is 0 Å². The maximum Gasteiger partial charge on any atom is 0.212 e. The summed E-state index contributed by atoms with van der Waals surface area (Å²) in [5, 5.41) is 2.73. The van der Waals surface area contributed by atoms with Gasteiger partial charge in [0, 0.05) is 20.2 Å². The fraction of sp³-hybridized carbons (Fsp3) is 0. The normalized spacial score (nSPS) is 12.0. The fourth-order valence-corrected chi connectivity index (χ4v) is 4.92. The van der Waals surface area contributed by atoms with Gasteiger partial charge in [-0.05, 0) is 18.2 Å². The molecule has 0 fully saturated rings. The standard InChI is InChI=1S/C17H8O2S2/c18-14-13-9-5-1-3-7-11(9)21-17(13)19-15-10-6-2-4-8-12(10)20-16(14)15/h1-8H. The van der Waals surface area contributed by atoms with Gasteiger partial charge in [-0.2, -0.15) is 0 Å². The minimum absolute atomic E-state index is 0.0879. The van der Waals surface area contributed by atoms with Gasteiger partial charge in [-0.15, -0.1) is 11.3 Å². The Morgan fingerprint density at radius 2 is 1.48 bits per heavy atom. The van der Waals surface area contributed by atoms with Crippen molar-refractivity contribution >= 4 is 63.4 Å². The summed E-state index contributed by atoms with van der Waals surface area (Å²) in [5.41, 5.74) is 0.810. The molecule has 3 heterocycles. The molecule has 0 spiro atoms. The lowest BCUT2D eigenvalue weighted by atomic mass is 10.2. The molecule has 0 aliphatic carbocycles. The van der Waals surface area contributed by atoms with Gasteiger partial charge < -0.3 is 4.42 Å². The molecule has 2 nitrogen and oxygen atoms in total. The first-order valence-corrected chi connectivity index (χ1v) is 8.22. The SMILES string of the molecule is O=c1c2sc3ccccc3c2oc2sc3ccccc3c12. The zero-order valence-corrected chi connectivity index (χ0v) is 12.4. The summed E-state index contributed by atoms with van der Waals surface area (Å²) in [6, 6.07) is 16.0. The Labute approximate surface area is 126 Å². The Bertz CT molecular complexity index is 1200. The molecule has 0 radical (unpaired) electrons. The molecule has 0 saturated heterocycles.